The third-order valence-electron chi connectivity index (χ3n) is 6.51. The second-order valence-corrected chi connectivity index (χ2v) is 10.3. The van der Waals surface area contributed by atoms with Gasteiger partial charge >= 0.3 is 6.09 Å². The van der Waals surface area contributed by atoms with E-state index in [-0.39, 0.29) is 12.0 Å². The number of rotatable bonds is 3. The molecular formula is C30H35NO2. The molecule has 33 heavy (non-hydrogen) atoms. The number of amides is 1. The highest BCUT2D eigenvalue weighted by molar-refractivity contribution is 5.70. The summed E-state index contributed by atoms with van der Waals surface area (Å²) in [5.74, 6) is 0.567. The molecule has 1 aliphatic heterocycles. The molecule has 3 heteroatoms. The zero-order valence-electron chi connectivity index (χ0n) is 20.5. The van der Waals surface area contributed by atoms with Gasteiger partial charge in [-0.05, 0) is 74.8 Å². The topological polar surface area (TPSA) is 29.5 Å². The van der Waals surface area contributed by atoms with Crippen molar-refractivity contribution in [2.24, 2.45) is 0 Å². The smallest absolute Gasteiger partial charge is 0.410 e. The van der Waals surface area contributed by atoms with Crippen LogP contribution < -0.4 is 0 Å². The summed E-state index contributed by atoms with van der Waals surface area (Å²) in [4.78, 5) is 14.8. The van der Waals surface area contributed by atoms with Crippen molar-refractivity contribution in [3.63, 3.8) is 0 Å². The fourth-order valence-electron chi connectivity index (χ4n) is 4.86. The van der Waals surface area contributed by atoms with Crippen molar-refractivity contribution in [1.29, 1.82) is 0 Å². The van der Waals surface area contributed by atoms with Crippen molar-refractivity contribution in [1.82, 2.24) is 4.90 Å². The summed E-state index contributed by atoms with van der Waals surface area (Å²) in [6.07, 6.45) is 0.700. The molecule has 1 aliphatic rings. The molecule has 0 radical (unpaired) electrons. The van der Waals surface area contributed by atoms with E-state index in [1.54, 1.807) is 0 Å². The molecule has 4 rings (SSSR count). The van der Waals surface area contributed by atoms with E-state index in [2.05, 4.69) is 86.6 Å². The van der Waals surface area contributed by atoms with E-state index in [0.717, 1.165) is 6.42 Å². The maximum Gasteiger partial charge on any atom is 0.410 e. The van der Waals surface area contributed by atoms with Crippen LogP contribution in [0.2, 0.25) is 0 Å². The summed E-state index contributed by atoms with van der Waals surface area (Å²) in [6.45, 7) is 11.4. The van der Waals surface area contributed by atoms with Crippen LogP contribution in [0.15, 0.2) is 72.8 Å². The van der Waals surface area contributed by atoms with Gasteiger partial charge in [0.2, 0.25) is 0 Å². The number of carbonyl (C=O) groups is 1. The van der Waals surface area contributed by atoms with Crippen LogP contribution in [0.4, 0.5) is 4.79 Å². The standard InChI is InChI=1S/C30H35NO2/c1-21-14-15-22(2)27(18-21)24-12-9-13-25(19-24)28-20-31(29(32)33-30(3,4)5)17-16-26(28)23-10-7-6-8-11-23/h6-15,18-19,26,28H,16-17,20H2,1-5H3/t26-,28-/m0/s1. The number of likely N-dealkylation sites (tertiary alicyclic amines) is 1. The normalized spacial score (nSPS) is 18.8. The molecule has 172 valence electrons. The van der Waals surface area contributed by atoms with Gasteiger partial charge in [0.25, 0.3) is 0 Å². The Morgan fingerprint density at radius 3 is 2.33 bits per heavy atom. The van der Waals surface area contributed by atoms with Crippen molar-refractivity contribution in [3.8, 4) is 11.1 Å². The molecule has 3 aromatic carbocycles. The Morgan fingerprint density at radius 1 is 0.879 bits per heavy atom. The summed E-state index contributed by atoms with van der Waals surface area (Å²) in [6, 6.07) is 26.2. The van der Waals surface area contributed by atoms with Crippen LogP contribution in [0.25, 0.3) is 11.1 Å². The summed E-state index contributed by atoms with van der Waals surface area (Å²) in [7, 11) is 0. The lowest BCUT2D eigenvalue weighted by atomic mass is 9.76. The van der Waals surface area contributed by atoms with E-state index in [4.69, 9.17) is 4.74 Å². The number of hydrogen-bond donors (Lipinski definition) is 0. The Labute approximate surface area is 198 Å². The number of nitrogens with zero attached hydrogens (tertiary/aromatic N) is 1. The maximum atomic E-state index is 12.9. The number of aryl methyl sites for hydroxylation is 2. The van der Waals surface area contributed by atoms with Gasteiger partial charge in [-0.2, -0.15) is 0 Å². The van der Waals surface area contributed by atoms with Crippen LogP contribution in [-0.4, -0.2) is 29.7 Å². The minimum atomic E-state index is -0.495. The monoisotopic (exact) mass is 441 g/mol. The Balaban J connectivity index is 1.70. The number of ether oxygens (including phenoxy) is 1. The van der Waals surface area contributed by atoms with Crippen LogP contribution >= 0.6 is 0 Å². The Kier molecular flexibility index (Phi) is 6.60. The van der Waals surface area contributed by atoms with Crippen molar-refractivity contribution in [2.45, 2.75) is 58.5 Å². The van der Waals surface area contributed by atoms with Gasteiger partial charge in [0, 0.05) is 19.0 Å². The molecule has 1 saturated heterocycles. The zero-order chi connectivity index (χ0) is 23.6. The van der Waals surface area contributed by atoms with Crippen LogP contribution in [0.1, 0.15) is 61.3 Å². The summed E-state index contributed by atoms with van der Waals surface area (Å²) >= 11 is 0. The predicted molar refractivity (Wildman–Crippen MR) is 136 cm³/mol. The SMILES string of the molecule is Cc1ccc(C)c(-c2cccc([C@@H]3CN(C(=O)OC(C)(C)C)CC[C@H]3c3ccccc3)c2)c1. The molecule has 0 unspecified atom stereocenters. The van der Waals surface area contributed by atoms with Crippen LogP contribution in [0, 0.1) is 13.8 Å². The Bertz CT molecular complexity index is 1110. The highest BCUT2D eigenvalue weighted by atomic mass is 16.6. The number of piperidine rings is 1. The fraction of sp³-hybridized carbons (Fsp3) is 0.367. The minimum Gasteiger partial charge on any atom is -0.444 e. The van der Waals surface area contributed by atoms with Gasteiger partial charge in [0.1, 0.15) is 5.60 Å². The zero-order valence-corrected chi connectivity index (χ0v) is 20.5. The Hall–Kier alpha value is -3.07. The maximum absolute atomic E-state index is 12.9. The molecule has 2 atom stereocenters. The second kappa shape index (κ2) is 9.43. The third kappa shape index (κ3) is 5.47. The first-order valence-corrected chi connectivity index (χ1v) is 11.9. The fourth-order valence-corrected chi connectivity index (χ4v) is 4.86. The van der Waals surface area contributed by atoms with Gasteiger partial charge < -0.3 is 9.64 Å². The van der Waals surface area contributed by atoms with Gasteiger partial charge in [-0.25, -0.2) is 4.79 Å². The molecule has 0 N–H and O–H groups in total. The van der Waals surface area contributed by atoms with Gasteiger partial charge in [-0.15, -0.1) is 0 Å². The molecular weight excluding hydrogens is 406 g/mol. The van der Waals surface area contributed by atoms with Gasteiger partial charge in [0.15, 0.2) is 0 Å². The first kappa shape index (κ1) is 23.1. The lowest BCUT2D eigenvalue weighted by Crippen LogP contribution is -2.44. The second-order valence-electron chi connectivity index (χ2n) is 10.3. The molecule has 3 aromatic rings. The number of carbonyl (C=O) groups excluding carboxylic acids is 1. The first-order chi connectivity index (χ1) is 15.7. The Morgan fingerprint density at radius 2 is 1.61 bits per heavy atom. The molecule has 1 amide bonds. The highest BCUT2D eigenvalue weighted by Crippen LogP contribution is 2.41. The van der Waals surface area contributed by atoms with Crippen molar-refractivity contribution >= 4 is 6.09 Å². The van der Waals surface area contributed by atoms with Crippen molar-refractivity contribution in [3.05, 3.63) is 95.1 Å². The molecule has 0 aliphatic carbocycles. The first-order valence-electron chi connectivity index (χ1n) is 11.9. The molecule has 0 bridgehead atoms. The van der Waals surface area contributed by atoms with Crippen LogP contribution in [0.3, 0.4) is 0 Å². The van der Waals surface area contributed by atoms with E-state index in [0.29, 0.717) is 19.0 Å². The summed E-state index contributed by atoms with van der Waals surface area (Å²) in [5, 5.41) is 0. The number of benzene rings is 3. The number of hydrogen-bond acceptors (Lipinski definition) is 2. The van der Waals surface area contributed by atoms with E-state index >= 15 is 0 Å². The average molecular weight is 442 g/mol. The summed E-state index contributed by atoms with van der Waals surface area (Å²) < 4.78 is 5.71. The largest absolute Gasteiger partial charge is 0.444 e. The van der Waals surface area contributed by atoms with E-state index in [1.807, 2.05) is 25.7 Å². The van der Waals surface area contributed by atoms with Gasteiger partial charge in [0.05, 0.1) is 0 Å². The van der Waals surface area contributed by atoms with E-state index in [9.17, 15) is 4.79 Å². The quantitative estimate of drug-likeness (QED) is 0.422. The molecule has 0 saturated carbocycles. The lowest BCUT2D eigenvalue weighted by molar-refractivity contribution is 0.0184. The molecule has 3 nitrogen and oxygen atoms in total. The molecule has 1 heterocycles. The van der Waals surface area contributed by atoms with Crippen LogP contribution in [-0.2, 0) is 4.74 Å². The van der Waals surface area contributed by atoms with Gasteiger partial charge in [-0.3, -0.25) is 0 Å². The molecule has 0 spiro atoms. The van der Waals surface area contributed by atoms with Crippen molar-refractivity contribution < 1.29 is 9.53 Å². The van der Waals surface area contributed by atoms with E-state index < -0.39 is 5.60 Å². The molecule has 0 aromatic heterocycles. The predicted octanol–water partition coefficient (Wildman–Crippen LogP) is 7.48. The van der Waals surface area contributed by atoms with E-state index in [1.165, 1.54) is 33.4 Å². The minimum absolute atomic E-state index is 0.207. The molecule has 1 fully saturated rings. The van der Waals surface area contributed by atoms with Crippen LogP contribution in [0.5, 0.6) is 0 Å². The third-order valence-corrected chi connectivity index (χ3v) is 6.51. The summed E-state index contributed by atoms with van der Waals surface area (Å²) in [5.41, 5.74) is 7.15. The average Bonchev–Trinajstić information content (AvgIpc) is 2.80. The van der Waals surface area contributed by atoms with Gasteiger partial charge in [-0.1, -0.05) is 78.4 Å². The lowest BCUT2D eigenvalue weighted by Gasteiger charge is -2.39. The van der Waals surface area contributed by atoms with Crippen molar-refractivity contribution in [2.75, 3.05) is 13.1 Å². The highest BCUT2D eigenvalue weighted by Gasteiger charge is 2.35.